The quantitative estimate of drug-likeness (QED) is 0.493. The van der Waals surface area contributed by atoms with Crippen molar-refractivity contribution < 1.29 is 9.53 Å². The van der Waals surface area contributed by atoms with Gasteiger partial charge in [-0.1, -0.05) is 55.4 Å². The SMILES string of the molecule is CCCCN(C)C(=O)CSc1nnc(-c2ccccc2OC)n1-c1ccccc1. The molecular formula is C22H26N4O2S. The molecule has 29 heavy (non-hydrogen) atoms. The second kappa shape index (κ2) is 10.1. The third kappa shape index (κ3) is 4.98. The third-order valence-electron chi connectivity index (χ3n) is 4.59. The van der Waals surface area contributed by atoms with E-state index in [0.717, 1.165) is 36.4 Å². The van der Waals surface area contributed by atoms with Crippen LogP contribution >= 0.6 is 11.8 Å². The molecule has 7 heteroatoms. The molecule has 3 rings (SSSR count). The monoisotopic (exact) mass is 410 g/mol. The van der Waals surface area contributed by atoms with Crippen LogP contribution in [-0.4, -0.2) is 52.0 Å². The van der Waals surface area contributed by atoms with E-state index in [0.29, 0.717) is 16.7 Å². The lowest BCUT2D eigenvalue weighted by Crippen LogP contribution is -2.29. The minimum atomic E-state index is 0.0879. The lowest BCUT2D eigenvalue weighted by atomic mass is 10.2. The van der Waals surface area contributed by atoms with Gasteiger partial charge in [0.05, 0.1) is 18.4 Å². The van der Waals surface area contributed by atoms with Crippen LogP contribution in [0.5, 0.6) is 5.75 Å². The number of methoxy groups -OCH3 is 1. The molecule has 0 unspecified atom stereocenters. The lowest BCUT2D eigenvalue weighted by Gasteiger charge is -2.16. The number of nitrogens with zero attached hydrogens (tertiary/aromatic N) is 4. The molecule has 0 spiro atoms. The van der Waals surface area contributed by atoms with Crippen LogP contribution < -0.4 is 4.74 Å². The Morgan fingerprint density at radius 3 is 2.55 bits per heavy atom. The van der Waals surface area contributed by atoms with Crippen molar-refractivity contribution in [2.24, 2.45) is 0 Å². The fourth-order valence-corrected chi connectivity index (χ4v) is 3.83. The van der Waals surface area contributed by atoms with Crippen LogP contribution in [0.3, 0.4) is 0 Å². The highest BCUT2D eigenvalue weighted by Crippen LogP contribution is 2.33. The summed E-state index contributed by atoms with van der Waals surface area (Å²) in [5, 5.41) is 9.49. The molecule has 0 saturated heterocycles. The average Bonchev–Trinajstić information content (AvgIpc) is 3.20. The van der Waals surface area contributed by atoms with E-state index in [-0.39, 0.29) is 5.91 Å². The Morgan fingerprint density at radius 1 is 1.10 bits per heavy atom. The van der Waals surface area contributed by atoms with E-state index < -0.39 is 0 Å². The van der Waals surface area contributed by atoms with E-state index in [1.807, 2.05) is 66.2 Å². The normalized spacial score (nSPS) is 10.7. The number of benzene rings is 2. The van der Waals surface area contributed by atoms with Crippen molar-refractivity contribution >= 4 is 17.7 Å². The molecule has 3 aromatic rings. The highest BCUT2D eigenvalue weighted by molar-refractivity contribution is 7.99. The number of hydrogen-bond donors (Lipinski definition) is 0. The van der Waals surface area contributed by atoms with Crippen molar-refractivity contribution in [3.8, 4) is 22.8 Å². The molecule has 1 amide bonds. The van der Waals surface area contributed by atoms with E-state index in [1.54, 1.807) is 12.0 Å². The summed E-state index contributed by atoms with van der Waals surface area (Å²) < 4.78 is 7.49. The number of thioether (sulfide) groups is 1. The Balaban J connectivity index is 1.92. The number of unbranched alkanes of at least 4 members (excludes halogenated alkanes) is 1. The molecule has 1 heterocycles. The number of carbonyl (C=O) groups is 1. The number of para-hydroxylation sites is 2. The molecule has 6 nitrogen and oxygen atoms in total. The van der Waals surface area contributed by atoms with Gasteiger partial charge in [0.15, 0.2) is 11.0 Å². The summed E-state index contributed by atoms with van der Waals surface area (Å²) in [6.45, 7) is 2.89. The fraction of sp³-hybridized carbons (Fsp3) is 0.318. The summed E-state index contributed by atoms with van der Waals surface area (Å²) in [7, 11) is 3.49. The first-order chi connectivity index (χ1) is 14.2. The van der Waals surface area contributed by atoms with Crippen molar-refractivity contribution in [3.63, 3.8) is 0 Å². The zero-order chi connectivity index (χ0) is 20.6. The molecule has 0 aliphatic rings. The summed E-state index contributed by atoms with van der Waals surface area (Å²) in [5.74, 6) is 1.81. The van der Waals surface area contributed by atoms with Gasteiger partial charge in [-0.3, -0.25) is 9.36 Å². The smallest absolute Gasteiger partial charge is 0.232 e. The van der Waals surface area contributed by atoms with Gasteiger partial charge in [0, 0.05) is 19.3 Å². The molecule has 0 radical (unpaired) electrons. The van der Waals surface area contributed by atoms with Gasteiger partial charge in [-0.05, 0) is 30.7 Å². The Bertz CT molecular complexity index is 943. The molecule has 1 aromatic heterocycles. The van der Waals surface area contributed by atoms with E-state index >= 15 is 0 Å². The van der Waals surface area contributed by atoms with Gasteiger partial charge in [0.25, 0.3) is 0 Å². The second-order valence-electron chi connectivity index (χ2n) is 6.63. The van der Waals surface area contributed by atoms with E-state index in [1.165, 1.54) is 11.8 Å². The van der Waals surface area contributed by atoms with E-state index in [4.69, 9.17) is 4.74 Å². The van der Waals surface area contributed by atoms with Crippen molar-refractivity contribution in [1.29, 1.82) is 0 Å². The second-order valence-corrected chi connectivity index (χ2v) is 7.58. The van der Waals surface area contributed by atoms with E-state index in [2.05, 4.69) is 17.1 Å². The first kappa shape index (κ1) is 20.9. The summed E-state index contributed by atoms with van der Waals surface area (Å²) in [6, 6.07) is 17.6. The summed E-state index contributed by atoms with van der Waals surface area (Å²) in [5.41, 5.74) is 1.79. The molecule has 0 N–H and O–H groups in total. The molecule has 2 aromatic carbocycles. The largest absolute Gasteiger partial charge is 0.496 e. The van der Waals surface area contributed by atoms with Crippen molar-refractivity contribution in [2.75, 3.05) is 26.5 Å². The predicted molar refractivity (Wildman–Crippen MR) is 117 cm³/mol. The molecule has 0 saturated carbocycles. The molecule has 0 aliphatic heterocycles. The fourth-order valence-electron chi connectivity index (χ4n) is 2.93. The van der Waals surface area contributed by atoms with Crippen LogP contribution in [0.15, 0.2) is 59.8 Å². The highest BCUT2D eigenvalue weighted by atomic mass is 32.2. The third-order valence-corrected chi connectivity index (χ3v) is 5.51. The maximum Gasteiger partial charge on any atom is 0.232 e. The highest BCUT2D eigenvalue weighted by Gasteiger charge is 2.20. The van der Waals surface area contributed by atoms with Gasteiger partial charge in [0.1, 0.15) is 5.75 Å². The van der Waals surface area contributed by atoms with Crippen LogP contribution in [-0.2, 0) is 4.79 Å². The minimum absolute atomic E-state index is 0.0879. The number of carbonyl (C=O) groups excluding carboxylic acids is 1. The van der Waals surface area contributed by atoms with Crippen LogP contribution in [0.2, 0.25) is 0 Å². The standard InChI is InChI=1S/C22H26N4O2S/c1-4-5-15-25(2)20(27)16-29-22-24-23-21(18-13-9-10-14-19(18)28-3)26(22)17-11-7-6-8-12-17/h6-14H,4-5,15-16H2,1-3H3. The van der Waals surface area contributed by atoms with Crippen molar-refractivity contribution in [3.05, 3.63) is 54.6 Å². The van der Waals surface area contributed by atoms with Gasteiger partial charge >= 0.3 is 0 Å². The predicted octanol–water partition coefficient (Wildman–Crippen LogP) is 4.29. The molecule has 0 fully saturated rings. The maximum absolute atomic E-state index is 12.5. The minimum Gasteiger partial charge on any atom is -0.496 e. The molecule has 0 atom stereocenters. The van der Waals surface area contributed by atoms with Crippen molar-refractivity contribution in [2.45, 2.75) is 24.9 Å². The Hall–Kier alpha value is -2.80. The van der Waals surface area contributed by atoms with Crippen molar-refractivity contribution in [1.82, 2.24) is 19.7 Å². The molecule has 152 valence electrons. The Kier molecular flexibility index (Phi) is 7.30. The molecule has 0 aliphatic carbocycles. The molecule has 0 bridgehead atoms. The average molecular weight is 411 g/mol. The summed E-state index contributed by atoms with van der Waals surface area (Å²) in [6.07, 6.45) is 2.07. The number of amides is 1. The first-order valence-corrected chi connectivity index (χ1v) is 10.6. The lowest BCUT2D eigenvalue weighted by molar-refractivity contribution is -0.127. The Morgan fingerprint density at radius 2 is 1.83 bits per heavy atom. The zero-order valence-electron chi connectivity index (χ0n) is 17.0. The van der Waals surface area contributed by atoms with Gasteiger partial charge in [-0.15, -0.1) is 10.2 Å². The van der Waals surface area contributed by atoms with Crippen LogP contribution in [0.25, 0.3) is 17.1 Å². The number of rotatable bonds is 9. The van der Waals surface area contributed by atoms with Crippen LogP contribution in [0.4, 0.5) is 0 Å². The Labute approximate surface area is 175 Å². The number of aromatic nitrogens is 3. The number of ether oxygens (including phenoxy) is 1. The topological polar surface area (TPSA) is 60.3 Å². The number of hydrogen-bond acceptors (Lipinski definition) is 5. The summed E-state index contributed by atoms with van der Waals surface area (Å²) >= 11 is 1.40. The van der Waals surface area contributed by atoms with Crippen LogP contribution in [0.1, 0.15) is 19.8 Å². The van der Waals surface area contributed by atoms with Gasteiger partial charge in [-0.25, -0.2) is 0 Å². The molecular weight excluding hydrogens is 384 g/mol. The first-order valence-electron chi connectivity index (χ1n) is 9.66. The van der Waals surface area contributed by atoms with Crippen LogP contribution in [0, 0.1) is 0 Å². The van der Waals surface area contributed by atoms with Gasteiger partial charge in [0.2, 0.25) is 5.91 Å². The maximum atomic E-state index is 12.5. The van der Waals surface area contributed by atoms with Gasteiger partial charge in [-0.2, -0.15) is 0 Å². The zero-order valence-corrected chi connectivity index (χ0v) is 17.9. The van der Waals surface area contributed by atoms with E-state index in [9.17, 15) is 4.79 Å². The van der Waals surface area contributed by atoms with Gasteiger partial charge < -0.3 is 9.64 Å². The summed E-state index contributed by atoms with van der Waals surface area (Å²) in [4.78, 5) is 14.3.